The highest BCUT2D eigenvalue weighted by atomic mass is 16.3. The fraction of sp³-hybridized carbons (Fsp3) is 0.333. The quantitative estimate of drug-likeness (QED) is 0.652. The molecule has 84 valence electrons. The van der Waals surface area contributed by atoms with Gasteiger partial charge in [-0.1, -0.05) is 29.4 Å². The van der Waals surface area contributed by atoms with Gasteiger partial charge in [-0.05, 0) is 40.2 Å². The molecule has 1 aliphatic rings. The molecule has 1 aromatic rings. The molecule has 16 heavy (non-hydrogen) atoms. The minimum absolute atomic E-state index is 0.998. The molecule has 0 N–H and O–H groups in total. The van der Waals surface area contributed by atoms with Crippen LogP contribution in [0, 0.1) is 6.92 Å². The zero-order valence-corrected chi connectivity index (χ0v) is 10.4. The van der Waals surface area contributed by atoms with Gasteiger partial charge in [0.1, 0.15) is 11.5 Å². The summed E-state index contributed by atoms with van der Waals surface area (Å²) in [5.74, 6) is 2.00. The van der Waals surface area contributed by atoms with Crippen molar-refractivity contribution in [3.05, 3.63) is 39.9 Å². The summed E-state index contributed by atoms with van der Waals surface area (Å²) in [4.78, 5) is 0. The van der Waals surface area contributed by atoms with Crippen molar-refractivity contribution in [3.63, 3.8) is 0 Å². The standard InChI is InChI=1S/C15H18O/c1-5-6-13-12(4)16-15-9-11(3)7-10(2)8-14(13)15/h5-6,8-9H,7H2,1-4H3. The average Bonchev–Trinajstić information content (AvgIpc) is 2.40. The summed E-state index contributed by atoms with van der Waals surface area (Å²) in [6, 6.07) is 0. The lowest BCUT2D eigenvalue weighted by atomic mass is 10.1. The molecule has 1 aliphatic carbocycles. The summed E-state index contributed by atoms with van der Waals surface area (Å²) < 4.78 is 5.82. The summed E-state index contributed by atoms with van der Waals surface area (Å²) in [5.41, 5.74) is 5.18. The van der Waals surface area contributed by atoms with Crippen LogP contribution in [-0.2, 0) is 0 Å². The molecule has 0 aliphatic heterocycles. The topological polar surface area (TPSA) is 13.1 Å². The first-order chi connectivity index (χ1) is 7.61. The van der Waals surface area contributed by atoms with Crippen molar-refractivity contribution in [1.29, 1.82) is 0 Å². The molecule has 0 radical (unpaired) electrons. The van der Waals surface area contributed by atoms with Crippen molar-refractivity contribution in [2.45, 2.75) is 34.1 Å². The second kappa shape index (κ2) is 4.17. The van der Waals surface area contributed by atoms with Crippen LogP contribution >= 0.6 is 0 Å². The highest BCUT2D eigenvalue weighted by Gasteiger charge is 2.15. The Morgan fingerprint density at radius 3 is 2.50 bits per heavy atom. The van der Waals surface area contributed by atoms with E-state index in [-0.39, 0.29) is 0 Å². The van der Waals surface area contributed by atoms with Crippen molar-refractivity contribution in [3.8, 4) is 0 Å². The molecule has 0 unspecified atom stereocenters. The molecule has 0 amide bonds. The predicted molar refractivity (Wildman–Crippen MR) is 70.1 cm³/mol. The first-order valence-corrected chi connectivity index (χ1v) is 5.72. The molecule has 1 nitrogen and oxygen atoms in total. The molecule has 0 atom stereocenters. The van der Waals surface area contributed by atoms with Crippen LogP contribution in [0.4, 0.5) is 0 Å². The Morgan fingerprint density at radius 1 is 1.12 bits per heavy atom. The lowest BCUT2D eigenvalue weighted by Gasteiger charge is -1.98. The van der Waals surface area contributed by atoms with Crippen LogP contribution in [0.2, 0.25) is 0 Å². The molecule has 0 saturated heterocycles. The second-order valence-corrected chi connectivity index (χ2v) is 4.51. The van der Waals surface area contributed by atoms with Crippen molar-refractivity contribution in [2.75, 3.05) is 0 Å². The van der Waals surface area contributed by atoms with Gasteiger partial charge in [0.25, 0.3) is 0 Å². The van der Waals surface area contributed by atoms with Gasteiger partial charge in [0.15, 0.2) is 0 Å². The fourth-order valence-electron chi connectivity index (χ4n) is 2.24. The summed E-state index contributed by atoms with van der Waals surface area (Å²) in [6.45, 7) is 8.39. The fourth-order valence-corrected chi connectivity index (χ4v) is 2.24. The predicted octanol–water partition coefficient (Wildman–Crippen LogP) is 4.83. The van der Waals surface area contributed by atoms with Crippen LogP contribution < -0.4 is 0 Å². The van der Waals surface area contributed by atoms with Crippen molar-refractivity contribution in [1.82, 2.24) is 0 Å². The molecule has 0 spiro atoms. The van der Waals surface area contributed by atoms with Gasteiger partial charge in [-0.2, -0.15) is 0 Å². The molecular formula is C15H18O. The van der Waals surface area contributed by atoms with Gasteiger partial charge in [0.05, 0.1) is 0 Å². The Hall–Kier alpha value is -1.50. The smallest absolute Gasteiger partial charge is 0.134 e. The third-order valence-corrected chi connectivity index (χ3v) is 2.86. The lowest BCUT2D eigenvalue weighted by Crippen LogP contribution is -1.79. The van der Waals surface area contributed by atoms with E-state index in [0.29, 0.717) is 0 Å². The number of fused-ring (bicyclic) bond motifs is 1. The first kappa shape index (κ1) is 11.0. The molecule has 0 fully saturated rings. The molecule has 1 aromatic heterocycles. The van der Waals surface area contributed by atoms with E-state index in [1.807, 2.05) is 13.8 Å². The molecule has 0 saturated carbocycles. The van der Waals surface area contributed by atoms with E-state index in [2.05, 4.69) is 38.2 Å². The third kappa shape index (κ3) is 1.90. The number of allylic oxidation sites excluding steroid dienone is 3. The van der Waals surface area contributed by atoms with E-state index < -0.39 is 0 Å². The Kier molecular flexibility index (Phi) is 2.86. The van der Waals surface area contributed by atoms with Crippen molar-refractivity contribution >= 4 is 18.2 Å². The lowest BCUT2D eigenvalue weighted by molar-refractivity contribution is 0.523. The number of aryl methyl sites for hydroxylation is 1. The van der Waals surface area contributed by atoms with E-state index in [1.165, 1.54) is 22.3 Å². The van der Waals surface area contributed by atoms with Gasteiger partial charge in [0.2, 0.25) is 0 Å². The Balaban J connectivity index is 2.66. The molecular weight excluding hydrogens is 196 g/mol. The number of furan rings is 1. The molecule has 0 aromatic carbocycles. The van der Waals surface area contributed by atoms with Crippen LogP contribution in [0.3, 0.4) is 0 Å². The van der Waals surface area contributed by atoms with Crippen LogP contribution in [0.25, 0.3) is 18.2 Å². The largest absolute Gasteiger partial charge is 0.461 e. The summed E-state index contributed by atoms with van der Waals surface area (Å²) >= 11 is 0. The summed E-state index contributed by atoms with van der Waals surface area (Å²) in [6.07, 6.45) is 9.62. The Bertz CT molecular complexity index is 496. The van der Waals surface area contributed by atoms with Gasteiger partial charge >= 0.3 is 0 Å². The van der Waals surface area contributed by atoms with E-state index in [0.717, 1.165) is 17.9 Å². The minimum atomic E-state index is 0.998. The first-order valence-electron chi connectivity index (χ1n) is 5.72. The monoisotopic (exact) mass is 214 g/mol. The highest BCUT2D eigenvalue weighted by molar-refractivity contribution is 5.76. The minimum Gasteiger partial charge on any atom is -0.461 e. The SMILES string of the molecule is CC=Cc1c(C)oc2c1C=C(C)CC(C)=C2. The second-order valence-electron chi connectivity index (χ2n) is 4.51. The zero-order valence-electron chi connectivity index (χ0n) is 10.4. The number of hydrogen-bond acceptors (Lipinski definition) is 1. The van der Waals surface area contributed by atoms with E-state index in [9.17, 15) is 0 Å². The van der Waals surface area contributed by atoms with Crippen LogP contribution in [0.15, 0.2) is 21.6 Å². The summed E-state index contributed by atoms with van der Waals surface area (Å²) in [7, 11) is 0. The van der Waals surface area contributed by atoms with Crippen LogP contribution in [0.5, 0.6) is 0 Å². The van der Waals surface area contributed by atoms with E-state index in [4.69, 9.17) is 4.42 Å². The maximum Gasteiger partial charge on any atom is 0.134 e. The molecule has 1 heteroatoms. The van der Waals surface area contributed by atoms with Crippen LogP contribution in [-0.4, -0.2) is 0 Å². The van der Waals surface area contributed by atoms with Gasteiger partial charge in [0, 0.05) is 11.1 Å². The molecule has 0 bridgehead atoms. The van der Waals surface area contributed by atoms with Gasteiger partial charge < -0.3 is 4.42 Å². The normalized spacial score (nSPS) is 15.8. The highest BCUT2D eigenvalue weighted by Crippen LogP contribution is 2.32. The Labute approximate surface area is 97.2 Å². The Morgan fingerprint density at radius 2 is 1.81 bits per heavy atom. The van der Waals surface area contributed by atoms with Gasteiger partial charge in [-0.3, -0.25) is 0 Å². The third-order valence-electron chi connectivity index (χ3n) is 2.86. The van der Waals surface area contributed by atoms with Crippen LogP contribution in [0.1, 0.15) is 49.8 Å². The van der Waals surface area contributed by atoms with Crippen molar-refractivity contribution < 1.29 is 4.42 Å². The van der Waals surface area contributed by atoms with E-state index in [1.54, 1.807) is 0 Å². The summed E-state index contributed by atoms with van der Waals surface area (Å²) in [5, 5.41) is 0. The molecule has 1 heterocycles. The number of rotatable bonds is 1. The number of hydrogen-bond donors (Lipinski definition) is 0. The van der Waals surface area contributed by atoms with Gasteiger partial charge in [-0.15, -0.1) is 0 Å². The maximum absolute atomic E-state index is 5.82. The van der Waals surface area contributed by atoms with Gasteiger partial charge in [-0.25, -0.2) is 0 Å². The van der Waals surface area contributed by atoms with Crippen molar-refractivity contribution in [2.24, 2.45) is 0 Å². The molecule has 2 rings (SSSR count). The zero-order chi connectivity index (χ0) is 11.7. The maximum atomic E-state index is 5.82. The van der Waals surface area contributed by atoms with E-state index >= 15 is 0 Å². The average molecular weight is 214 g/mol.